The molecule has 0 radical (unpaired) electrons. The van der Waals surface area contributed by atoms with Gasteiger partial charge in [0.15, 0.2) is 33.1 Å². The molecule has 0 saturated heterocycles. The Morgan fingerprint density at radius 3 is 2.56 bits per heavy atom. The van der Waals surface area contributed by atoms with Crippen molar-refractivity contribution in [2.24, 2.45) is 18.4 Å². The largest absolute Gasteiger partial charge is 0.469 e. The SMILES string of the molecule is C=CS(=O)(=O)CC(C)(C)CCCC(C)(c1cccc(C[C@@H](C)C(=O)OC)c1)c1nc(-c2cc(Oc3c(F)cc4[nH]ccc4c3Br)ccc2F)n(C)n1. The number of halogens is 3. The quantitative estimate of drug-likeness (QED) is 0.105. The number of carbonyl (C=O) groups is 1. The fraction of sp³-hybridized carbons (Fsp3) is 0.359. The summed E-state index contributed by atoms with van der Waals surface area (Å²) in [5.41, 5.74) is 1.17. The van der Waals surface area contributed by atoms with Gasteiger partial charge in [0.2, 0.25) is 0 Å². The van der Waals surface area contributed by atoms with Crippen molar-refractivity contribution in [3.8, 4) is 22.9 Å². The molecule has 1 N–H and O–H groups in total. The van der Waals surface area contributed by atoms with Crippen LogP contribution >= 0.6 is 15.9 Å². The highest BCUT2D eigenvalue weighted by Crippen LogP contribution is 2.41. The first-order valence-corrected chi connectivity index (χ1v) is 19.3. The van der Waals surface area contributed by atoms with Gasteiger partial charge in [-0.3, -0.25) is 4.79 Å². The molecule has 2 heterocycles. The number of rotatable bonds is 15. The molecule has 276 valence electrons. The molecule has 1 unspecified atom stereocenters. The van der Waals surface area contributed by atoms with Crippen LogP contribution in [0, 0.1) is 23.0 Å². The van der Waals surface area contributed by atoms with Crippen molar-refractivity contribution in [1.82, 2.24) is 19.7 Å². The summed E-state index contributed by atoms with van der Waals surface area (Å²) < 4.78 is 68.3. The molecule has 2 atom stereocenters. The number of fused-ring (bicyclic) bond motifs is 1. The normalized spacial score (nSPS) is 13.9. The molecule has 5 aromatic rings. The van der Waals surface area contributed by atoms with E-state index in [-0.39, 0.29) is 40.5 Å². The third kappa shape index (κ3) is 8.47. The molecule has 3 aromatic carbocycles. The molecule has 0 fully saturated rings. The van der Waals surface area contributed by atoms with Gasteiger partial charge in [0.1, 0.15) is 11.6 Å². The second kappa shape index (κ2) is 15.3. The molecule has 9 nitrogen and oxygen atoms in total. The lowest BCUT2D eigenvalue weighted by Crippen LogP contribution is -2.28. The van der Waals surface area contributed by atoms with Gasteiger partial charge in [-0.25, -0.2) is 26.9 Å². The first-order chi connectivity index (χ1) is 24.5. The number of nitrogens with zero attached hydrogens (tertiary/aromatic N) is 3. The van der Waals surface area contributed by atoms with Crippen molar-refractivity contribution in [2.45, 2.75) is 58.8 Å². The van der Waals surface area contributed by atoms with Gasteiger partial charge in [0.05, 0.1) is 34.2 Å². The van der Waals surface area contributed by atoms with Crippen LogP contribution in [-0.4, -0.2) is 47.0 Å². The fourth-order valence-electron chi connectivity index (χ4n) is 6.58. The van der Waals surface area contributed by atoms with Gasteiger partial charge in [-0.2, -0.15) is 5.10 Å². The Kier molecular flexibility index (Phi) is 11.4. The van der Waals surface area contributed by atoms with E-state index in [0.29, 0.717) is 41.5 Å². The Morgan fingerprint density at radius 2 is 1.85 bits per heavy atom. The Labute approximate surface area is 311 Å². The van der Waals surface area contributed by atoms with Crippen LogP contribution in [0.5, 0.6) is 11.5 Å². The topological polar surface area (TPSA) is 116 Å². The van der Waals surface area contributed by atoms with E-state index in [1.54, 1.807) is 19.3 Å². The molecule has 13 heteroatoms. The predicted octanol–water partition coefficient (Wildman–Crippen LogP) is 9.21. The molecular weight excluding hydrogens is 754 g/mol. The second-order valence-electron chi connectivity index (χ2n) is 14.2. The minimum Gasteiger partial charge on any atom is -0.469 e. The van der Waals surface area contributed by atoms with E-state index in [0.717, 1.165) is 21.9 Å². The number of nitrogens with one attached hydrogen (secondary N) is 1. The first kappa shape index (κ1) is 38.9. The van der Waals surface area contributed by atoms with Crippen LogP contribution in [0.3, 0.4) is 0 Å². The number of aromatic amines is 1. The third-order valence-corrected chi connectivity index (χ3v) is 11.9. The Bertz CT molecular complexity index is 2230. The summed E-state index contributed by atoms with van der Waals surface area (Å²) in [5.74, 6) is -1.06. The molecular formula is C39H43BrF2N4O5S. The van der Waals surface area contributed by atoms with Gasteiger partial charge >= 0.3 is 5.97 Å². The maximum Gasteiger partial charge on any atom is 0.308 e. The zero-order valence-corrected chi connectivity index (χ0v) is 32.5. The molecule has 0 bridgehead atoms. The number of aryl methyl sites for hydroxylation is 1. The van der Waals surface area contributed by atoms with E-state index in [1.165, 1.54) is 36.1 Å². The average molecular weight is 798 g/mol. The summed E-state index contributed by atoms with van der Waals surface area (Å²) in [6, 6.07) is 15.1. The number of carbonyl (C=O) groups excluding carboxylic acids is 1. The first-order valence-electron chi connectivity index (χ1n) is 16.8. The van der Waals surface area contributed by atoms with Gasteiger partial charge < -0.3 is 14.5 Å². The molecule has 52 heavy (non-hydrogen) atoms. The lowest BCUT2D eigenvalue weighted by atomic mass is 9.75. The number of benzene rings is 3. The zero-order chi connectivity index (χ0) is 38.0. The maximum absolute atomic E-state index is 15.6. The number of hydrogen-bond acceptors (Lipinski definition) is 7. The molecule has 0 saturated carbocycles. The minimum atomic E-state index is -3.42. The Morgan fingerprint density at radius 1 is 1.10 bits per heavy atom. The lowest BCUT2D eigenvalue weighted by molar-refractivity contribution is -0.144. The van der Waals surface area contributed by atoms with Crippen molar-refractivity contribution < 1.29 is 31.5 Å². The lowest BCUT2D eigenvalue weighted by Gasteiger charge is -2.30. The van der Waals surface area contributed by atoms with Crippen molar-refractivity contribution in [3.05, 3.63) is 106 Å². The summed E-state index contributed by atoms with van der Waals surface area (Å²) in [5, 5.41) is 6.53. The van der Waals surface area contributed by atoms with Crippen LogP contribution in [-0.2, 0) is 38.3 Å². The highest BCUT2D eigenvalue weighted by molar-refractivity contribution is 9.10. The van der Waals surface area contributed by atoms with Gasteiger partial charge in [0, 0.05) is 35.6 Å². The van der Waals surface area contributed by atoms with Gasteiger partial charge in [-0.05, 0) is 82.9 Å². The van der Waals surface area contributed by atoms with E-state index >= 15 is 8.78 Å². The smallest absolute Gasteiger partial charge is 0.308 e. The maximum atomic E-state index is 15.6. The molecule has 0 spiro atoms. The molecule has 2 aromatic heterocycles. The minimum absolute atomic E-state index is 0.0374. The molecule has 0 aliphatic heterocycles. The number of hydrogen-bond donors (Lipinski definition) is 1. The summed E-state index contributed by atoms with van der Waals surface area (Å²) >= 11 is 3.44. The Balaban J connectivity index is 1.52. The van der Waals surface area contributed by atoms with Crippen LogP contribution in [0.1, 0.15) is 63.9 Å². The number of aromatic nitrogens is 4. The molecule has 5 rings (SSSR count). The van der Waals surface area contributed by atoms with E-state index in [2.05, 4.69) is 27.5 Å². The summed E-state index contributed by atoms with van der Waals surface area (Å²) in [4.78, 5) is 20.1. The highest BCUT2D eigenvalue weighted by Gasteiger charge is 2.36. The average Bonchev–Trinajstić information content (AvgIpc) is 3.73. The third-order valence-electron chi connectivity index (χ3n) is 9.44. The number of sulfone groups is 1. The van der Waals surface area contributed by atoms with Crippen LogP contribution in [0.4, 0.5) is 8.78 Å². The van der Waals surface area contributed by atoms with Crippen LogP contribution < -0.4 is 4.74 Å². The van der Waals surface area contributed by atoms with E-state index in [4.69, 9.17) is 19.6 Å². The van der Waals surface area contributed by atoms with Crippen LogP contribution in [0.25, 0.3) is 22.3 Å². The second-order valence-corrected chi connectivity index (χ2v) is 17.0. The number of esters is 1. The molecule has 0 amide bonds. The van der Waals surface area contributed by atoms with E-state index in [9.17, 15) is 13.2 Å². The van der Waals surface area contributed by atoms with Crippen molar-refractivity contribution in [1.29, 1.82) is 0 Å². The number of H-pyrrole nitrogens is 1. The van der Waals surface area contributed by atoms with Gasteiger partial charge in [0.25, 0.3) is 0 Å². The van der Waals surface area contributed by atoms with E-state index < -0.39 is 32.3 Å². The summed E-state index contributed by atoms with van der Waals surface area (Å²) in [6.45, 7) is 11.1. The van der Waals surface area contributed by atoms with Crippen LogP contribution in [0.2, 0.25) is 0 Å². The fourth-order valence-corrected chi connectivity index (χ4v) is 8.54. The summed E-state index contributed by atoms with van der Waals surface area (Å²) in [7, 11) is -0.382. The highest BCUT2D eigenvalue weighted by atomic mass is 79.9. The number of ether oxygens (including phenoxy) is 2. The van der Waals surface area contributed by atoms with E-state index in [1.807, 2.05) is 52.0 Å². The number of methoxy groups -OCH3 is 1. The Hall–Kier alpha value is -4.36. The van der Waals surface area contributed by atoms with Gasteiger partial charge in [-0.15, -0.1) is 0 Å². The zero-order valence-electron chi connectivity index (χ0n) is 30.1. The van der Waals surface area contributed by atoms with Crippen molar-refractivity contribution >= 4 is 42.6 Å². The molecule has 0 aliphatic carbocycles. The predicted molar refractivity (Wildman–Crippen MR) is 202 cm³/mol. The molecule has 0 aliphatic rings. The van der Waals surface area contributed by atoms with Crippen molar-refractivity contribution in [3.63, 3.8) is 0 Å². The van der Waals surface area contributed by atoms with Crippen molar-refractivity contribution in [2.75, 3.05) is 12.9 Å². The standard InChI is InChI=1S/C39H43BrF2N4O5S/c1-8-52(48,49)23-38(3,4)16-10-17-39(5,26-12-9-11-25(20-26)19-24(2)36(47)50-7)37-44-35(46(6)45-37)29-21-27(13-14-30(29)41)51-34-31(42)22-32-28(33(34)40)15-18-43-32/h8-9,11-15,18,20-22,24,43H,1,10,16-17,19,23H2,2-7H3/t24-,39?/m1/s1. The monoisotopic (exact) mass is 796 g/mol. The summed E-state index contributed by atoms with van der Waals surface area (Å²) in [6.07, 6.45) is 3.89. The van der Waals surface area contributed by atoms with Crippen LogP contribution in [0.15, 0.2) is 77.3 Å². The van der Waals surface area contributed by atoms with Gasteiger partial charge in [-0.1, -0.05) is 58.0 Å².